The maximum Gasteiger partial charge on any atom is 0.228 e. The largest absolute Gasteiger partial charge is 0.381 e. The van der Waals surface area contributed by atoms with Gasteiger partial charge >= 0.3 is 0 Å². The van der Waals surface area contributed by atoms with E-state index in [9.17, 15) is 4.79 Å². The quantitative estimate of drug-likeness (QED) is 0.697. The van der Waals surface area contributed by atoms with Crippen LogP contribution in [0.5, 0.6) is 0 Å². The van der Waals surface area contributed by atoms with E-state index in [1.807, 2.05) is 4.90 Å². The molecule has 2 saturated heterocycles. The van der Waals surface area contributed by atoms with E-state index in [2.05, 4.69) is 4.90 Å². The highest BCUT2D eigenvalue weighted by atomic mass is 16.5. The number of rotatable bonds is 5. The first-order valence-corrected chi connectivity index (χ1v) is 7.10. The summed E-state index contributed by atoms with van der Waals surface area (Å²) in [6, 6.07) is 0. The van der Waals surface area contributed by atoms with Crippen LogP contribution < -0.4 is 5.73 Å². The standard InChI is InChI=1S/C13H25N3O2/c14-4-1-2-5-15-6-8-16(9-7-15)13(17)12-3-10-18-11-12/h12H,1-11,14H2. The number of carbonyl (C=O) groups excluding carboxylic acids is 1. The van der Waals surface area contributed by atoms with E-state index in [0.29, 0.717) is 12.5 Å². The first-order valence-electron chi connectivity index (χ1n) is 7.10. The molecule has 0 aromatic rings. The minimum Gasteiger partial charge on any atom is -0.381 e. The predicted octanol–water partition coefficient (Wildman–Crippen LogP) is -0.0940. The van der Waals surface area contributed by atoms with E-state index < -0.39 is 0 Å². The Balaban J connectivity index is 1.67. The second-order valence-electron chi connectivity index (χ2n) is 5.22. The van der Waals surface area contributed by atoms with E-state index in [1.165, 1.54) is 6.42 Å². The van der Waals surface area contributed by atoms with E-state index in [0.717, 1.165) is 58.7 Å². The van der Waals surface area contributed by atoms with E-state index in [1.54, 1.807) is 0 Å². The Labute approximate surface area is 109 Å². The third kappa shape index (κ3) is 3.67. The first kappa shape index (κ1) is 13.8. The van der Waals surface area contributed by atoms with Gasteiger partial charge in [0.2, 0.25) is 5.91 Å². The van der Waals surface area contributed by atoms with Crippen molar-refractivity contribution < 1.29 is 9.53 Å². The number of hydrogen-bond donors (Lipinski definition) is 1. The van der Waals surface area contributed by atoms with Crippen LogP contribution in [-0.4, -0.2) is 68.2 Å². The third-order valence-electron chi connectivity index (χ3n) is 3.89. The van der Waals surface area contributed by atoms with Crippen molar-refractivity contribution >= 4 is 5.91 Å². The number of unbranched alkanes of at least 4 members (excludes halogenated alkanes) is 1. The normalized spacial score (nSPS) is 25.6. The van der Waals surface area contributed by atoms with Crippen LogP contribution in [0.4, 0.5) is 0 Å². The van der Waals surface area contributed by atoms with Crippen LogP contribution in [0.2, 0.25) is 0 Å². The number of nitrogens with zero attached hydrogens (tertiary/aromatic N) is 2. The highest BCUT2D eigenvalue weighted by Crippen LogP contribution is 2.16. The van der Waals surface area contributed by atoms with Crippen molar-refractivity contribution in [3.05, 3.63) is 0 Å². The molecule has 0 aliphatic carbocycles. The molecule has 2 rings (SSSR count). The minimum absolute atomic E-state index is 0.119. The zero-order valence-corrected chi connectivity index (χ0v) is 11.1. The zero-order valence-electron chi connectivity index (χ0n) is 11.1. The summed E-state index contributed by atoms with van der Waals surface area (Å²) >= 11 is 0. The smallest absolute Gasteiger partial charge is 0.228 e. The van der Waals surface area contributed by atoms with Crippen molar-refractivity contribution in [2.24, 2.45) is 11.7 Å². The van der Waals surface area contributed by atoms with Crippen LogP contribution in [-0.2, 0) is 9.53 Å². The SMILES string of the molecule is NCCCCN1CCN(C(=O)C2CCOC2)CC1. The van der Waals surface area contributed by atoms with Crippen LogP contribution in [0.25, 0.3) is 0 Å². The molecule has 2 N–H and O–H groups in total. The summed E-state index contributed by atoms with van der Waals surface area (Å²) < 4.78 is 5.29. The van der Waals surface area contributed by atoms with Crippen molar-refractivity contribution in [3.8, 4) is 0 Å². The van der Waals surface area contributed by atoms with Crippen molar-refractivity contribution in [2.75, 3.05) is 52.5 Å². The van der Waals surface area contributed by atoms with Gasteiger partial charge in [0, 0.05) is 32.8 Å². The molecule has 0 saturated carbocycles. The first-order chi connectivity index (χ1) is 8.81. The van der Waals surface area contributed by atoms with Crippen molar-refractivity contribution in [1.29, 1.82) is 0 Å². The molecule has 2 aliphatic heterocycles. The van der Waals surface area contributed by atoms with Gasteiger partial charge in [0.05, 0.1) is 12.5 Å². The summed E-state index contributed by atoms with van der Waals surface area (Å²) in [6.07, 6.45) is 3.16. The Bertz CT molecular complexity index is 259. The molecule has 104 valence electrons. The van der Waals surface area contributed by atoms with Crippen LogP contribution in [0.1, 0.15) is 19.3 Å². The van der Waals surface area contributed by atoms with E-state index in [-0.39, 0.29) is 5.92 Å². The minimum atomic E-state index is 0.119. The van der Waals surface area contributed by atoms with Gasteiger partial charge in [0.1, 0.15) is 0 Å². The number of hydrogen-bond acceptors (Lipinski definition) is 4. The number of ether oxygens (including phenoxy) is 1. The second kappa shape index (κ2) is 7.07. The molecule has 2 heterocycles. The van der Waals surface area contributed by atoms with Gasteiger partial charge in [0.15, 0.2) is 0 Å². The maximum atomic E-state index is 12.2. The van der Waals surface area contributed by atoms with Gasteiger partial charge in [-0.2, -0.15) is 0 Å². The van der Waals surface area contributed by atoms with Gasteiger partial charge in [-0.1, -0.05) is 0 Å². The van der Waals surface area contributed by atoms with E-state index in [4.69, 9.17) is 10.5 Å². The Morgan fingerprint density at radius 2 is 2.00 bits per heavy atom. The van der Waals surface area contributed by atoms with Crippen LogP contribution in [0, 0.1) is 5.92 Å². The Kier molecular flexibility index (Phi) is 5.41. The molecule has 0 aromatic carbocycles. The van der Waals surface area contributed by atoms with Gasteiger partial charge in [-0.15, -0.1) is 0 Å². The van der Waals surface area contributed by atoms with Crippen LogP contribution in [0.3, 0.4) is 0 Å². The molecule has 1 atom stereocenters. The fourth-order valence-electron chi connectivity index (χ4n) is 2.66. The molecule has 0 radical (unpaired) electrons. The number of piperazine rings is 1. The molecular weight excluding hydrogens is 230 g/mol. The Morgan fingerprint density at radius 1 is 1.22 bits per heavy atom. The molecule has 0 aromatic heterocycles. The van der Waals surface area contributed by atoms with Crippen molar-refractivity contribution in [1.82, 2.24) is 9.80 Å². The van der Waals surface area contributed by atoms with Gasteiger partial charge in [0.25, 0.3) is 0 Å². The molecule has 0 spiro atoms. The zero-order chi connectivity index (χ0) is 12.8. The molecule has 18 heavy (non-hydrogen) atoms. The number of nitrogens with two attached hydrogens (primary N) is 1. The molecule has 1 amide bonds. The summed E-state index contributed by atoms with van der Waals surface area (Å²) in [6.45, 7) is 7.01. The lowest BCUT2D eigenvalue weighted by Crippen LogP contribution is -2.50. The average molecular weight is 255 g/mol. The molecule has 2 aliphatic rings. The number of carbonyl (C=O) groups is 1. The predicted molar refractivity (Wildman–Crippen MR) is 70.2 cm³/mol. The molecule has 0 bridgehead atoms. The van der Waals surface area contributed by atoms with Gasteiger partial charge in [-0.05, 0) is 32.4 Å². The second-order valence-corrected chi connectivity index (χ2v) is 5.22. The Hall–Kier alpha value is -0.650. The fourth-order valence-corrected chi connectivity index (χ4v) is 2.66. The molecule has 5 heteroatoms. The lowest BCUT2D eigenvalue weighted by molar-refractivity contribution is -0.137. The summed E-state index contributed by atoms with van der Waals surface area (Å²) in [5.74, 6) is 0.419. The highest BCUT2D eigenvalue weighted by Gasteiger charge is 2.29. The summed E-state index contributed by atoms with van der Waals surface area (Å²) in [5.41, 5.74) is 5.49. The lowest BCUT2D eigenvalue weighted by Gasteiger charge is -2.35. The van der Waals surface area contributed by atoms with Gasteiger partial charge in [-0.25, -0.2) is 0 Å². The highest BCUT2D eigenvalue weighted by molar-refractivity contribution is 5.79. The summed E-state index contributed by atoms with van der Waals surface area (Å²) in [4.78, 5) is 16.6. The molecule has 1 unspecified atom stereocenters. The Morgan fingerprint density at radius 3 is 2.61 bits per heavy atom. The fraction of sp³-hybridized carbons (Fsp3) is 0.923. The van der Waals surface area contributed by atoms with Crippen LogP contribution in [0.15, 0.2) is 0 Å². The van der Waals surface area contributed by atoms with E-state index >= 15 is 0 Å². The lowest BCUT2D eigenvalue weighted by atomic mass is 10.1. The van der Waals surface area contributed by atoms with Gasteiger partial charge < -0.3 is 15.4 Å². The maximum absolute atomic E-state index is 12.2. The van der Waals surface area contributed by atoms with Crippen molar-refractivity contribution in [3.63, 3.8) is 0 Å². The number of amides is 1. The van der Waals surface area contributed by atoms with Crippen LogP contribution >= 0.6 is 0 Å². The summed E-state index contributed by atoms with van der Waals surface area (Å²) in [7, 11) is 0. The molecule has 5 nitrogen and oxygen atoms in total. The average Bonchev–Trinajstić information content (AvgIpc) is 2.93. The monoisotopic (exact) mass is 255 g/mol. The van der Waals surface area contributed by atoms with Crippen molar-refractivity contribution in [2.45, 2.75) is 19.3 Å². The topological polar surface area (TPSA) is 58.8 Å². The third-order valence-corrected chi connectivity index (χ3v) is 3.89. The molecule has 2 fully saturated rings. The van der Waals surface area contributed by atoms with Gasteiger partial charge in [-0.3, -0.25) is 9.69 Å². The summed E-state index contributed by atoms with van der Waals surface area (Å²) in [5, 5.41) is 0. The molecular formula is C13H25N3O2.